The van der Waals surface area contributed by atoms with E-state index in [9.17, 15) is 0 Å². The molecule has 0 atom stereocenters. The van der Waals surface area contributed by atoms with E-state index in [1.165, 1.54) is 18.4 Å². The number of nitrogens with one attached hydrogen (secondary N) is 1. The van der Waals surface area contributed by atoms with Crippen molar-refractivity contribution in [1.29, 1.82) is 0 Å². The molecule has 0 radical (unpaired) electrons. The normalized spacial score (nSPS) is 9.00. The van der Waals surface area contributed by atoms with Crippen molar-refractivity contribution >= 4 is 27.9 Å². The second-order valence-corrected chi connectivity index (χ2v) is 3.57. The molecule has 1 heterocycles. The third-order valence-electron chi connectivity index (χ3n) is 1.08. The van der Waals surface area contributed by atoms with E-state index < -0.39 is 0 Å². The summed E-state index contributed by atoms with van der Waals surface area (Å²) < 4.78 is 0.757. The Labute approximate surface area is 87.5 Å². The molecule has 0 fully saturated rings. The zero-order valence-electron chi connectivity index (χ0n) is 8.18. The van der Waals surface area contributed by atoms with E-state index in [2.05, 4.69) is 15.4 Å². The van der Waals surface area contributed by atoms with Crippen LogP contribution in [0, 0.1) is 6.92 Å². The van der Waals surface area contributed by atoms with Gasteiger partial charge in [-0.2, -0.15) is 0 Å². The summed E-state index contributed by atoms with van der Waals surface area (Å²) in [5.41, 5.74) is 3.59. The number of hydrogen-bond acceptors (Lipinski definition) is 4. The van der Waals surface area contributed by atoms with Gasteiger partial charge in [0.25, 0.3) is 0 Å². The Balaban J connectivity index is 0.000000671. The fourth-order valence-electron chi connectivity index (χ4n) is 0.593. The van der Waals surface area contributed by atoms with Gasteiger partial charge in [0.15, 0.2) is 0 Å². The second kappa shape index (κ2) is 7.15. The third-order valence-corrected chi connectivity index (χ3v) is 2.53. The maximum atomic E-state index is 5.79. The first-order chi connectivity index (χ1) is 6.24. The molecular formula is C8H14ClNO2S. The second-order valence-electron chi connectivity index (χ2n) is 1.92. The quantitative estimate of drug-likeness (QED) is 0.627. The number of aryl methyl sites for hydroxylation is 1. The number of rotatable bonds is 3. The summed E-state index contributed by atoms with van der Waals surface area (Å²) >= 11 is 7.19. The van der Waals surface area contributed by atoms with Crippen molar-refractivity contribution in [2.45, 2.75) is 20.8 Å². The summed E-state index contributed by atoms with van der Waals surface area (Å²) in [7, 11) is 1.43. The van der Waals surface area contributed by atoms with Gasteiger partial charge in [-0.05, 0) is 18.6 Å². The first kappa shape index (κ1) is 12.7. The monoisotopic (exact) mass is 223 g/mol. The largest absolute Gasteiger partial charge is 0.225 e. The molecule has 1 aromatic heterocycles. The van der Waals surface area contributed by atoms with E-state index in [1.54, 1.807) is 0 Å². The highest BCUT2D eigenvalue weighted by Crippen LogP contribution is 2.30. The van der Waals surface area contributed by atoms with E-state index >= 15 is 0 Å². The number of halogens is 1. The molecule has 3 nitrogen and oxygen atoms in total. The van der Waals surface area contributed by atoms with Crippen LogP contribution in [0.25, 0.3) is 0 Å². The molecule has 0 aromatic carbocycles. The zero-order valence-corrected chi connectivity index (χ0v) is 9.75. The SMILES string of the molecule is CC.COONc1cc(C)c(Cl)s1. The number of thiophene rings is 1. The molecule has 0 aliphatic heterocycles. The fraction of sp³-hybridized carbons (Fsp3) is 0.500. The highest BCUT2D eigenvalue weighted by atomic mass is 35.5. The Morgan fingerprint density at radius 3 is 2.46 bits per heavy atom. The van der Waals surface area contributed by atoms with Crippen LogP contribution in [0.15, 0.2) is 6.07 Å². The van der Waals surface area contributed by atoms with Crippen LogP contribution < -0.4 is 5.48 Å². The minimum Gasteiger partial charge on any atom is -0.225 e. The van der Waals surface area contributed by atoms with Crippen LogP contribution in [0.1, 0.15) is 19.4 Å². The first-order valence-corrected chi connectivity index (χ1v) is 5.15. The number of hydrogen-bond donors (Lipinski definition) is 1. The lowest BCUT2D eigenvalue weighted by atomic mass is 10.4. The van der Waals surface area contributed by atoms with Crippen LogP contribution in [0.2, 0.25) is 4.34 Å². The lowest BCUT2D eigenvalue weighted by molar-refractivity contribution is -0.248. The fourth-order valence-corrected chi connectivity index (χ4v) is 1.62. The topological polar surface area (TPSA) is 30.5 Å². The standard InChI is InChI=1S/C6H8ClNO2S.C2H6/c1-4-3-5(8-10-9-2)11-6(4)7;1-2/h3,8H,1-2H3;1-2H3. The van der Waals surface area contributed by atoms with Crippen LogP contribution in [0.5, 0.6) is 0 Å². The van der Waals surface area contributed by atoms with Gasteiger partial charge in [-0.3, -0.25) is 0 Å². The van der Waals surface area contributed by atoms with Crippen molar-refractivity contribution in [3.05, 3.63) is 16.0 Å². The molecule has 0 saturated carbocycles. The Kier molecular flexibility index (Phi) is 6.99. The third kappa shape index (κ3) is 4.47. The molecule has 0 aliphatic rings. The average molecular weight is 224 g/mol. The average Bonchev–Trinajstić information content (AvgIpc) is 2.46. The smallest absolute Gasteiger partial charge is 0.118 e. The van der Waals surface area contributed by atoms with Gasteiger partial charge in [-0.1, -0.05) is 25.4 Å². The van der Waals surface area contributed by atoms with E-state index in [-0.39, 0.29) is 0 Å². The van der Waals surface area contributed by atoms with Gasteiger partial charge in [0.05, 0.1) is 11.4 Å². The highest BCUT2D eigenvalue weighted by molar-refractivity contribution is 7.20. The maximum absolute atomic E-state index is 5.79. The van der Waals surface area contributed by atoms with Crippen LogP contribution >= 0.6 is 22.9 Å². The summed E-state index contributed by atoms with van der Waals surface area (Å²) in [5, 5.41) is 0.828. The molecule has 13 heavy (non-hydrogen) atoms. The lowest BCUT2D eigenvalue weighted by Crippen LogP contribution is -1.96. The first-order valence-electron chi connectivity index (χ1n) is 3.95. The molecule has 1 aromatic rings. The zero-order chi connectivity index (χ0) is 10.3. The van der Waals surface area contributed by atoms with Gasteiger partial charge in [0, 0.05) is 0 Å². The van der Waals surface area contributed by atoms with Crippen LogP contribution in [-0.2, 0) is 9.88 Å². The van der Waals surface area contributed by atoms with Crippen molar-refractivity contribution in [3.63, 3.8) is 0 Å². The molecule has 0 saturated heterocycles. The van der Waals surface area contributed by atoms with E-state index in [0.29, 0.717) is 0 Å². The summed E-state index contributed by atoms with van der Waals surface area (Å²) in [6.45, 7) is 5.93. The van der Waals surface area contributed by atoms with Crippen molar-refractivity contribution in [2.24, 2.45) is 0 Å². The van der Waals surface area contributed by atoms with Crippen molar-refractivity contribution in [2.75, 3.05) is 12.6 Å². The Morgan fingerprint density at radius 2 is 2.08 bits per heavy atom. The molecular weight excluding hydrogens is 210 g/mol. The van der Waals surface area contributed by atoms with E-state index in [1.807, 2.05) is 26.8 Å². The van der Waals surface area contributed by atoms with Gasteiger partial charge < -0.3 is 0 Å². The molecule has 1 N–H and O–H groups in total. The van der Waals surface area contributed by atoms with Crippen LogP contribution in [0.4, 0.5) is 5.00 Å². The molecule has 0 amide bonds. The summed E-state index contributed by atoms with van der Waals surface area (Å²) in [5.74, 6) is 0. The van der Waals surface area contributed by atoms with E-state index in [4.69, 9.17) is 11.6 Å². The van der Waals surface area contributed by atoms with Gasteiger partial charge in [0.2, 0.25) is 0 Å². The summed E-state index contributed by atoms with van der Waals surface area (Å²) in [4.78, 5) is 8.84. The molecule has 76 valence electrons. The Bertz CT molecular complexity index is 221. The molecule has 0 aliphatic carbocycles. The van der Waals surface area contributed by atoms with Crippen molar-refractivity contribution in [1.82, 2.24) is 0 Å². The van der Waals surface area contributed by atoms with Crippen molar-refractivity contribution < 1.29 is 9.88 Å². The molecule has 0 unspecified atom stereocenters. The van der Waals surface area contributed by atoms with Gasteiger partial charge in [0.1, 0.15) is 5.00 Å². The predicted octanol–water partition coefficient (Wildman–Crippen LogP) is 3.64. The van der Waals surface area contributed by atoms with Crippen LogP contribution in [0.3, 0.4) is 0 Å². The van der Waals surface area contributed by atoms with E-state index in [0.717, 1.165) is 14.9 Å². The maximum Gasteiger partial charge on any atom is 0.118 e. The predicted molar refractivity (Wildman–Crippen MR) is 57.1 cm³/mol. The minimum atomic E-state index is 0.757. The van der Waals surface area contributed by atoms with Crippen molar-refractivity contribution in [3.8, 4) is 0 Å². The van der Waals surface area contributed by atoms with Gasteiger partial charge in [-0.25, -0.2) is 10.4 Å². The summed E-state index contributed by atoms with van der Waals surface area (Å²) in [6.07, 6.45) is 0. The van der Waals surface area contributed by atoms with Gasteiger partial charge in [-0.15, -0.1) is 16.3 Å². The molecule has 5 heteroatoms. The summed E-state index contributed by atoms with van der Waals surface area (Å²) in [6, 6.07) is 1.88. The molecule has 0 spiro atoms. The highest BCUT2D eigenvalue weighted by Gasteiger charge is 2.01. The molecule has 0 bridgehead atoms. The number of anilines is 1. The Morgan fingerprint density at radius 1 is 1.46 bits per heavy atom. The minimum absolute atomic E-state index is 0.757. The van der Waals surface area contributed by atoms with Crippen LogP contribution in [-0.4, -0.2) is 7.11 Å². The lowest BCUT2D eigenvalue weighted by Gasteiger charge is -1.96. The van der Waals surface area contributed by atoms with Gasteiger partial charge >= 0.3 is 0 Å². The Hall–Kier alpha value is -0.290. The molecule has 1 rings (SSSR count).